The van der Waals surface area contributed by atoms with Gasteiger partial charge >= 0.3 is 0 Å². The largest absolute Gasteiger partial charge is 0.486 e. The number of piperidine rings is 1. The highest BCUT2D eigenvalue weighted by molar-refractivity contribution is 5.96. The van der Waals surface area contributed by atoms with E-state index in [-0.39, 0.29) is 17.7 Å². The van der Waals surface area contributed by atoms with Gasteiger partial charge in [0.1, 0.15) is 19.0 Å². The van der Waals surface area contributed by atoms with E-state index >= 15 is 0 Å². The zero-order valence-electron chi connectivity index (χ0n) is 15.8. The molecule has 1 fully saturated rings. The van der Waals surface area contributed by atoms with Crippen molar-refractivity contribution in [2.24, 2.45) is 5.92 Å². The number of hydrogen-bond donors (Lipinski definition) is 1. The lowest BCUT2D eigenvalue weighted by Gasteiger charge is -2.32. The van der Waals surface area contributed by atoms with Crippen molar-refractivity contribution in [3.8, 4) is 11.5 Å². The molecule has 1 N–H and O–H groups in total. The first-order chi connectivity index (χ1) is 13.6. The number of likely N-dealkylation sites (tertiary alicyclic amines) is 1. The van der Waals surface area contributed by atoms with Gasteiger partial charge in [-0.2, -0.15) is 0 Å². The zero-order valence-corrected chi connectivity index (χ0v) is 15.8. The number of carbonyl (C=O) groups excluding carboxylic acids is 2. The van der Waals surface area contributed by atoms with E-state index in [0.717, 1.165) is 18.5 Å². The van der Waals surface area contributed by atoms with Crippen LogP contribution in [0.2, 0.25) is 0 Å². The van der Waals surface area contributed by atoms with E-state index < -0.39 is 0 Å². The molecule has 0 spiro atoms. The van der Waals surface area contributed by atoms with Crippen LogP contribution in [0.1, 0.15) is 28.9 Å². The molecular formula is C21H23N3O4. The molecule has 4 rings (SSSR count). The summed E-state index contributed by atoms with van der Waals surface area (Å²) in [6.07, 6.45) is 1.54. The Labute approximate surface area is 163 Å². The second-order valence-corrected chi connectivity index (χ2v) is 7.10. The molecule has 146 valence electrons. The van der Waals surface area contributed by atoms with E-state index in [2.05, 4.69) is 10.3 Å². The summed E-state index contributed by atoms with van der Waals surface area (Å²) in [6.45, 7) is 3.90. The Morgan fingerprint density at radius 3 is 2.79 bits per heavy atom. The molecule has 7 nitrogen and oxygen atoms in total. The van der Waals surface area contributed by atoms with Crippen molar-refractivity contribution in [3.05, 3.63) is 47.7 Å². The molecule has 0 aliphatic carbocycles. The van der Waals surface area contributed by atoms with Crippen molar-refractivity contribution in [2.75, 3.05) is 31.6 Å². The summed E-state index contributed by atoms with van der Waals surface area (Å²) in [5.41, 5.74) is 1.39. The SMILES string of the molecule is Cc1cccc(NC(=O)C2CCCN(C(=O)c3ccc4c(c3)OCCO4)C2)n1. The van der Waals surface area contributed by atoms with Crippen molar-refractivity contribution >= 4 is 17.6 Å². The first kappa shape index (κ1) is 18.3. The molecular weight excluding hydrogens is 358 g/mol. The molecule has 2 amide bonds. The molecule has 0 saturated carbocycles. The lowest BCUT2D eigenvalue weighted by Crippen LogP contribution is -2.43. The van der Waals surface area contributed by atoms with Crippen molar-refractivity contribution in [2.45, 2.75) is 19.8 Å². The third-order valence-corrected chi connectivity index (χ3v) is 5.01. The Kier molecular flexibility index (Phi) is 5.14. The number of aromatic nitrogens is 1. The first-order valence-corrected chi connectivity index (χ1v) is 9.53. The highest BCUT2D eigenvalue weighted by Gasteiger charge is 2.29. The van der Waals surface area contributed by atoms with Crippen LogP contribution in [0.5, 0.6) is 11.5 Å². The number of fused-ring (bicyclic) bond motifs is 1. The fraction of sp³-hybridized carbons (Fsp3) is 0.381. The van der Waals surface area contributed by atoms with Crippen LogP contribution in [0.4, 0.5) is 5.82 Å². The van der Waals surface area contributed by atoms with Crippen molar-refractivity contribution in [1.82, 2.24) is 9.88 Å². The number of amides is 2. The first-order valence-electron chi connectivity index (χ1n) is 9.53. The summed E-state index contributed by atoms with van der Waals surface area (Å²) in [4.78, 5) is 31.6. The summed E-state index contributed by atoms with van der Waals surface area (Å²) < 4.78 is 11.1. The number of aryl methyl sites for hydroxylation is 1. The molecule has 1 saturated heterocycles. The highest BCUT2D eigenvalue weighted by atomic mass is 16.6. The molecule has 1 unspecified atom stereocenters. The molecule has 28 heavy (non-hydrogen) atoms. The van der Waals surface area contributed by atoms with E-state index in [1.807, 2.05) is 19.1 Å². The van der Waals surface area contributed by atoms with E-state index in [1.165, 1.54) is 0 Å². The number of nitrogens with one attached hydrogen (secondary N) is 1. The molecule has 0 radical (unpaired) electrons. The lowest BCUT2D eigenvalue weighted by molar-refractivity contribution is -0.121. The van der Waals surface area contributed by atoms with Gasteiger partial charge in [0.2, 0.25) is 5.91 Å². The summed E-state index contributed by atoms with van der Waals surface area (Å²) in [5.74, 6) is 1.34. The van der Waals surface area contributed by atoms with E-state index in [0.29, 0.717) is 49.2 Å². The highest BCUT2D eigenvalue weighted by Crippen LogP contribution is 2.31. The average Bonchev–Trinajstić information content (AvgIpc) is 2.73. The minimum absolute atomic E-state index is 0.0943. The molecule has 2 aromatic rings. The fourth-order valence-electron chi connectivity index (χ4n) is 3.58. The minimum atomic E-state index is -0.253. The Morgan fingerprint density at radius 2 is 1.96 bits per heavy atom. The molecule has 1 aromatic carbocycles. The van der Waals surface area contributed by atoms with Gasteiger partial charge in [0.25, 0.3) is 5.91 Å². The predicted molar refractivity (Wildman–Crippen MR) is 104 cm³/mol. The number of rotatable bonds is 3. The van der Waals surface area contributed by atoms with Crippen LogP contribution < -0.4 is 14.8 Å². The van der Waals surface area contributed by atoms with Gasteiger partial charge in [0.15, 0.2) is 11.5 Å². The number of pyridine rings is 1. The van der Waals surface area contributed by atoms with Crippen LogP contribution >= 0.6 is 0 Å². The molecule has 0 bridgehead atoms. The molecule has 1 aromatic heterocycles. The minimum Gasteiger partial charge on any atom is -0.486 e. The topological polar surface area (TPSA) is 80.8 Å². The number of hydrogen-bond acceptors (Lipinski definition) is 5. The van der Waals surface area contributed by atoms with Crippen molar-refractivity contribution in [1.29, 1.82) is 0 Å². The van der Waals surface area contributed by atoms with Gasteiger partial charge < -0.3 is 19.7 Å². The van der Waals surface area contributed by atoms with Crippen LogP contribution in [-0.4, -0.2) is 48.0 Å². The lowest BCUT2D eigenvalue weighted by atomic mass is 9.96. The Balaban J connectivity index is 1.43. The van der Waals surface area contributed by atoms with Gasteiger partial charge in [-0.3, -0.25) is 9.59 Å². The number of carbonyl (C=O) groups is 2. The van der Waals surface area contributed by atoms with Crippen LogP contribution in [0.25, 0.3) is 0 Å². The van der Waals surface area contributed by atoms with Crippen molar-refractivity contribution in [3.63, 3.8) is 0 Å². The smallest absolute Gasteiger partial charge is 0.254 e. The Hall–Kier alpha value is -3.09. The summed E-state index contributed by atoms with van der Waals surface area (Å²) in [7, 11) is 0. The zero-order chi connectivity index (χ0) is 19.5. The van der Waals surface area contributed by atoms with Crippen LogP contribution in [0.15, 0.2) is 36.4 Å². The van der Waals surface area contributed by atoms with Crippen molar-refractivity contribution < 1.29 is 19.1 Å². The monoisotopic (exact) mass is 381 g/mol. The average molecular weight is 381 g/mol. The molecule has 1 atom stereocenters. The maximum Gasteiger partial charge on any atom is 0.254 e. The Morgan fingerprint density at radius 1 is 1.14 bits per heavy atom. The number of nitrogens with zero attached hydrogens (tertiary/aromatic N) is 2. The molecule has 2 aliphatic heterocycles. The third kappa shape index (κ3) is 3.93. The third-order valence-electron chi connectivity index (χ3n) is 5.01. The second-order valence-electron chi connectivity index (χ2n) is 7.10. The van der Waals surface area contributed by atoms with E-state index in [9.17, 15) is 9.59 Å². The fourth-order valence-corrected chi connectivity index (χ4v) is 3.58. The van der Waals surface area contributed by atoms with Crippen LogP contribution in [-0.2, 0) is 4.79 Å². The van der Waals surface area contributed by atoms with Gasteiger partial charge in [-0.25, -0.2) is 4.98 Å². The molecule has 3 heterocycles. The maximum atomic E-state index is 12.9. The Bertz CT molecular complexity index is 899. The number of ether oxygens (including phenoxy) is 2. The quantitative estimate of drug-likeness (QED) is 0.884. The maximum absolute atomic E-state index is 12.9. The van der Waals surface area contributed by atoms with Gasteiger partial charge in [-0.1, -0.05) is 6.07 Å². The van der Waals surface area contributed by atoms with Gasteiger partial charge in [-0.15, -0.1) is 0 Å². The summed E-state index contributed by atoms with van der Waals surface area (Å²) >= 11 is 0. The summed E-state index contributed by atoms with van der Waals surface area (Å²) in [5, 5.41) is 2.87. The standard InChI is InChI=1S/C21H23N3O4/c1-14-4-2-6-19(22-14)23-20(25)16-5-3-9-24(13-16)21(26)15-7-8-17-18(12-15)28-11-10-27-17/h2,4,6-8,12,16H,3,5,9-11,13H2,1H3,(H,22,23,25). The van der Waals surface area contributed by atoms with Crippen LogP contribution in [0, 0.1) is 12.8 Å². The van der Waals surface area contributed by atoms with Gasteiger partial charge in [-0.05, 0) is 50.1 Å². The molecule has 7 heteroatoms. The number of benzene rings is 1. The van der Waals surface area contributed by atoms with E-state index in [1.54, 1.807) is 29.2 Å². The van der Waals surface area contributed by atoms with E-state index in [4.69, 9.17) is 9.47 Å². The van der Waals surface area contributed by atoms with Gasteiger partial charge in [0, 0.05) is 24.3 Å². The summed E-state index contributed by atoms with van der Waals surface area (Å²) in [6, 6.07) is 10.7. The molecule has 2 aliphatic rings. The van der Waals surface area contributed by atoms with Gasteiger partial charge in [0.05, 0.1) is 5.92 Å². The second kappa shape index (κ2) is 7.88. The predicted octanol–water partition coefficient (Wildman–Crippen LogP) is 2.65. The van der Waals surface area contributed by atoms with Crippen LogP contribution in [0.3, 0.4) is 0 Å². The normalized spacial score (nSPS) is 18.5. The number of anilines is 1.